The van der Waals surface area contributed by atoms with Gasteiger partial charge in [0.15, 0.2) is 0 Å². The maximum atomic E-state index is 15.0. The molecule has 0 saturated carbocycles. The van der Waals surface area contributed by atoms with Crippen LogP contribution in [0.4, 0.5) is 13.6 Å². The molecule has 41 heavy (non-hydrogen) atoms. The molecule has 3 aromatic rings. The first-order valence-corrected chi connectivity index (χ1v) is 13.2. The molecule has 0 spiro atoms. The summed E-state index contributed by atoms with van der Waals surface area (Å²) in [6.45, 7) is 8.27. The van der Waals surface area contributed by atoms with Gasteiger partial charge in [0.05, 0.1) is 36.4 Å². The van der Waals surface area contributed by atoms with E-state index >= 15 is 4.39 Å². The summed E-state index contributed by atoms with van der Waals surface area (Å²) in [6, 6.07) is 5.29. The molecule has 3 aromatic heterocycles. The zero-order valence-corrected chi connectivity index (χ0v) is 23.7. The van der Waals surface area contributed by atoms with Gasteiger partial charge in [0, 0.05) is 18.3 Å². The van der Waals surface area contributed by atoms with Crippen LogP contribution in [-0.2, 0) is 10.3 Å². The van der Waals surface area contributed by atoms with Gasteiger partial charge in [0.1, 0.15) is 46.8 Å². The molecule has 4 heterocycles. The number of alkyl halides is 1. The minimum atomic E-state index is -1.53. The van der Waals surface area contributed by atoms with Crippen LogP contribution in [0.1, 0.15) is 52.3 Å². The summed E-state index contributed by atoms with van der Waals surface area (Å²) in [5, 5.41) is 27.9. The minimum Gasteiger partial charge on any atom is -0.488 e. The van der Waals surface area contributed by atoms with Crippen LogP contribution >= 0.6 is 0 Å². The van der Waals surface area contributed by atoms with Crippen molar-refractivity contribution in [1.82, 2.24) is 24.9 Å². The number of hydrogen-bond donors (Lipinski definition) is 3. The largest absolute Gasteiger partial charge is 0.488 e. The van der Waals surface area contributed by atoms with Crippen LogP contribution in [0.3, 0.4) is 0 Å². The van der Waals surface area contributed by atoms with E-state index in [9.17, 15) is 14.3 Å². The predicted molar refractivity (Wildman–Crippen MR) is 149 cm³/mol. The molecule has 0 aliphatic carbocycles. The van der Waals surface area contributed by atoms with E-state index in [0.717, 1.165) is 6.20 Å². The highest BCUT2D eigenvalue weighted by Crippen LogP contribution is 2.26. The van der Waals surface area contributed by atoms with Gasteiger partial charge in [-0.25, -0.2) is 18.1 Å². The number of rotatable bonds is 8. The summed E-state index contributed by atoms with van der Waals surface area (Å²) in [4.78, 5) is 17.6. The molecule has 0 aromatic carbocycles. The summed E-state index contributed by atoms with van der Waals surface area (Å²) in [6.07, 6.45) is 2.59. The molecule has 220 valence electrons. The number of fused-ring (bicyclic) bond motifs is 1. The highest BCUT2D eigenvalue weighted by Gasteiger charge is 2.34. The quantitative estimate of drug-likeness (QED) is 0.276. The fourth-order valence-electron chi connectivity index (χ4n) is 4.28. The molecule has 1 fully saturated rings. The Morgan fingerprint density at radius 1 is 1.29 bits per heavy atom. The lowest BCUT2D eigenvalue weighted by Gasteiger charge is -2.35. The number of ether oxygens (including phenoxy) is 2. The molecule has 4 rings (SSSR count). The second-order valence-electron chi connectivity index (χ2n) is 11.2. The van der Waals surface area contributed by atoms with Gasteiger partial charge in [0.25, 0.3) is 0 Å². The number of pyridine rings is 2. The lowest BCUT2D eigenvalue weighted by Crippen LogP contribution is -2.52. The zero-order chi connectivity index (χ0) is 29.9. The number of piperidine rings is 1. The Morgan fingerprint density at radius 2 is 2.05 bits per heavy atom. The Bertz CT molecular complexity index is 1430. The number of aliphatic hydroxyl groups is 1. The Labute approximate surface area is 236 Å². The molecule has 3 N–H and O–H groups in total. The first kappa shape index (κ1) is 29.8. The number of halogens is 2. The normalized spacial score (nSPS) is 19.5. The van der Waals surface area contributed by atoms with Crippen molar-refractivity contribution in [2.24, 2.45) is 5.10 Å². The standard InChI is InChI=1S/C28H35F2N7O4/c1-17(31)25(35-34-21-9-11-36(15-20(21)30)26(38)41-27(2,3)4)18-12-23(22-8-10-33-37(22)14-18)40-16-28(5,39)24-7-6-19(29)13-32-24/h6-8,10,12-14,20-21,31,34,39H,9,11,15-16H2,1-5H3/b31-17?,35-25+/t20-,21+,28?/m0/s1. The second kappa shape index (κ2) is 11.8. The van der Waals surface area contributed by atoms with Gasteiger partial charge in [-0.1, -0.05) is 0 Å². The summed E-state index contributed by atoms with van der Waals surface area (Å²) in [5.74, 6) is -0.167. The van der Waals surface area contributed by atoms with Crippen molar-refractivity contribution in [3.63, 3.8) is 0 Å². The van der Waals surface area contributed by atoms with E-state index in [1.165, 1.54) is 24.0 Å². The monoisotopic (exact) mass is 571 g/mol. The lowest BCUT2D eigenvalue weighted by molar-refractivity contribution is 0.00415. The van der Waals surface area contributed by atoms with Crippen molar-refractivity contribution in [1.29, 1.82) is 5.41 Å². The van der Waals surface area contributed by atoms with Gasteiger partial charge in [-0.3, -0.25) is 4.98 Å². The molecule has 0 bridgehead atoms. The van der Waals surface area contributed by atoms with E-state index in [4.69, 9.17) is 14.9 Å². The molecule has 11 nitrogen and oxygen atoms in total. The van der Waals surface area contributed by atoms with Gasteiger partial charge < -0.3 is 30.3 Å². The molecule has 13 heteroatoms. The van der Waals surface area contributed by atoms with E-state index in [-0.39, 0.29) is 30.3 Å². The van der Waals surface area contributed by atoms with Crippen molar-refractivity contribution in [3.05, 3.63) is 59.9 Å². The Morgan fingerprint density at radius 3 is 2.68 bits per heavy atom. The number of hydrogen-bond acceptors (Lipinski definition) is 9. The third-order valence-electron chi connectivity index (χ3n) is 6.42. The van der Waals surface area contributed by atoms with Crippen LogP contribution < -0.4 is 10.2 Å². The highest BCUT2D eigenvalue weighted by atomic mass is 19.1. The summed E-state index contributed by atoms with van der Waals surface area (Å²) >= 11 is 0. The smallest absolute Gasteiger partial charge is 0.410 e. The SMILES string of the molecule is CC(=N)/C(=N\N[C@@H]1CCN(C(=O)OC(C)(C)C)C[C@@H]1F)c1cc(OCC(C)(O)c2ccc(F)cn2)c2ccnn2c1. The van der Waals surface area contributed by atoms with Crippen molar-refractivity contribution in [2.75, 3.05) is 19.7 Å². The lowest BCUT2D eigenvalue weighted by atomic mass is 10.0. The van der Waals surface area contributed by atoms with Crippen molar-refractivity contribution in [2.45, 2.75) is 64.5 Å². The molecular formula is C28H35F2N7O4. The van der Waals surface area contributed by atoms with Crippen LogP contribution in [0.25, 0.3) is 5.52 Å². The van der Waals surface area contributed by atoms with Crippen LogP contribution in [-0.4, -0.2) is 79.6 Å². The average molecular weight is 572 g/mol. The predicted octanol–water partition coefficient (Wildman–Crippen LogP) is 3.84. The summed E-state index contributed by atoms with van der Waals surface area (Å²) in [5.41, 5.74) is 2.30. The average Bonchev–Trinajstić information content (AvgIpc) is 3.36. The fraction of sp³-hybridized carbons (Fsp3) is 0.464. The molecular weight excluding hydrogens is 536 g/mol. The molecule has 0 radical (unpaired) electrons. The second-order valence-corrected chi connectivity index (χ2v) is 11.2. The van der Waals surface area contributed by atoms with E-state index in [0.29, 0.717) is 29.8 Å². The molecule has 3 atom stereocenters. The van der Waals surface area contributed by atoms with Gasteiger partial charge in [0.2, 0.25) is 0 Å². The van der Waals surface area contributed by atoms with E-state index < -0.39 is 35.3 Å². The van der Waals surface area contributed by atoms with Crippen molar-refractivity contribution >= 4 is 23.0 Å². The molecule has 1 aliphatic heterocycles. The van der Waals surface area contributed by atoms with E-state index in [1.54, 1.807) is 56.7 Å². The maximum Gasteiger partial charge on any atom is 0.410 e. The van der Waals surface area contributed by atoms with Gasteiger partial charge in [-0.05, 0) is 65.3 Å². The molecule has 1 aliphatic rings. The number of carbonyl (C=O) groups excluding carboxylic acids is 1. The summed E-state index contributed by atoms with van der Waals surface area (Å²) in [7, 11) is 0. The zero-order valence-electron chi connectivity index (χ0n) is 23.7. The van der Waals surface area contributed by atoms with Crippen molar-refractivity contribution in [3.8, 4) is 5.75 Å². The van der Waals surface area contributed by atoms with E-state index in [2.05, 4.69) is 20.6 Å². The highest BCUT2D eigenvalue weighted by molar-refractivity contribution is 6.46. The van der Waals surface area contributed by atoms with Crippen LogP contribution in [0.5, 0.6) is 5.75 Å². The van der Waals surface area contributed by atoms with Crippen LogP contribution in [0.15, 0.2) is 48.0 Å². The third-order valence-corrected chi connectivity index (χ3v) is 6.42. The summed E-state index contributed by atoms with van der Waals surface area (Å²) < 4.78 is 41.2. The number of hydrazone groups is 1. The fourth-order valence-corrected chi connectivity index (χ4v) is 4.28. The number of nitrogens with zero attached hydrogens (tertiary/aromatic N) is 5. The Balaban J connectivity index is 1.51. The minimum absolute atomic E-state index is 0.110. The van der Waals surface area contributed by atoms with Gasteiger partial charge >= 0.3 is 6.09 Å². The van der Waals surface area contributed by atoms with E-state index in [1.807, 2.05) is 0 Å². The number of carbonyl (C=O) groups is 1. The number of amides is 1. The van der Waals surface area contributed by atoms with Gasteiger partial charge in [-0.15, -0.1) is 0 Å². The van der Waals surface area contributed by atoms with Gasteiger partial charge in [-0.2, -0.15) is 10.2 Å². The number of nitrogens with one attached hydrogen (secondary N) is 2. The van der Waals surface area contributed by atoms with Crippen LogP contribution in [0, 0.1) is 11.2 Å². The Kier molecular flexibility index (Phi) is 8.57. The first-order valence-electron chi connectivity index (χ1n) is 13.2. The van der Waals surface area contributed by atoms with Crippen molar-refractivity contribution < 1.29 is 28.2 Å². The molecule has 1 saturated heterocycles. The first-order chi connectivity index (χ1) is 19.2. The number of aromatic nitrogens is 3. The van der Waals surface area contributed by atoms with Crippen LogP contribution in [0.2, 0.25) is 0 Å². The Hall–Kier alpha value is -4.13. The third kappa shape index (κ3) is 7.34. The topological polar surface area (TPSA) is 137 Å². The number of likely N-dealkylation sites (tertiary alicyclic amines) is 1. The maximum absolute atomic E-state index is 15.0. The molecule has 1 amide bonds. The molecule has 1 unspecified atom stereocenters.